The Labute approximate surface area is 127 Å². The van der Waals surface area contributed by atoms with Crippen molar-refractivity contribution in [3.63, 3.8) is 0 Å². The summed E-state index contributed by atoms with van der Waals surface area (Å²) in [7, 11) is 0. The molecule has 3 aliphatic heterocycles. The molecule has 3 fully saturated rings. The van der Waals surface area contributed by atoms with E-state index >= 15 is 0 Å². The molecule has 0 aromatic carbocycles. The lowest BCUT2D eigenvalue weighted by Crippen LogP contribution is -2.52. The molecule has 1 atom stereocenters. The molecular formula is C12H19N3OS3. The molecule has 3 aliphatic rings. The van der Waals surface area contributed by atoms with Crippen molar-refractivity contribution in [1.29, 1.82) is 0 Å². The highest BCUT2D eigenvalue weighted by Gasteiger charge is 2.36. The van der Waals surface area contributed by atoms with E-state index in [-0.39, 0.29) is 0 Å². The average Bonchev–Trinajstić information content (AvgIpc) is 2.88. The number of ether oxygens (including phenoxy) is 1. The van der Waals surface area contributed by atoms with Gasteiger partial charge < -0.3 is 4.74 Å². The smallest absolute Gasteiger partial charge is 0.260 e. The predicted octanol–water partition coefficient (Wildman–Crippen LogP) is 2.47. The van der Waals surface area contributed by atoms with E-state index in [0.29, 0.717) is 6.10 Å². The van der Waals surface area contributed by atoms with Gasteiger partial charge in [0, 0.05) is 18.1 Å². The van der Waals surface area contributed by atoms with Crippen molar-refractivity contribution >= 4 is 35.3 Å². The Hall–Kier alpha value is 0.0200. The van der Waals surface area contributed by atoms with Gasteiger partial charge in [-0.15, -0.1) is 4.37 Å². The lowest BCUT2D eigenvalue weighted by molar-refractivity contribution is -0.0110. The number of nitrogens with zero attached hydrogens (tertiary/aromatic N) is 3. The second-order valence-corrected chi connectivity index (χ2v) is 7.61. The fourth-order valence-electron chi connectivity index (χ4n) is 2.74. The standard InChI is InChI=1S/C12H19N3OS3/c1-17-6-7-18-12-11(13-19-14-12)16-10-8-15-4-2-9(10)3-5-15/h9-10H,2-8H2,1H3/t10-/m1/s1. The summed E-state index contributed by atoms with van der Waals surface area (Å²) in [5.74, 6) is 3.70. The molecule has 0 spiro atoms. The van der Waals surface area contributed by atoms with Gasteiger partial charge in [0.25, 0.3) is 5.88 Å². The highest BCUT2D eigenvalue weighted by Crippen LogP contribution is 2.33. The van der Waals surface area contributed by atoms with E-state index in [2.05, 4.69) is 19.9 Å². The Bertz CT molecular complexity index is 407. The van der Waals surface area contributed by atoms with Gasteiger partial charge in [0.15, 0.2) is 5.03 Å². The predicted molar refractivity (Wildman–Crippen MR) is 82.6 cm³/mol. The van der Waals surface area contributed by atoms with Crippen LogP contribution in [-0.2, 0) is 0 Å². The third-order valence-corrected chi connectivity index (χ3v) is 6.26. The van der Waals surface area contributed by atoms with Gasteiger partial charge in [-0.1, -0.05) is 11.8 Å². The molecule has 4 heterocycles. The Morgan fingerprint density at radius 3 is 2.84 bits per heavy atom. The summed E-state index contributed by atoms with van der Waals surface area (Å²) in [6, 6.07) is 0. The number of fused-ring (bicyclic) bond motifs is 3. The van der Waals surface area contributed by atoms with Crippen molar-refractivity contribution in [3.8, 4) is 5.88 Å². The Kier molecular flexibility index (Phi) is 4.89. The number of hydrogen-bond donors (Lipinski definition) is 0. The third kappa shape index (κ3) is 3.37. The SMILES string of the molecule is CSCCSc1nsnc1O[C@@H]1CN2CCC1CC2. The summed E-state index contributed by atoms with van der Waals surface area (Å²) in [5.41, 5.74) is 0. The zero-order chi connectivity index (χ0) is 13.1. The van der Waals surface area contributed by atoms with Crippen molar-refractivity contribution in [3.05, 3.63) is 0 Å². The first-order valence-electron chi connectivity index (χ1n) is 6.70. The third-order valence-electron chi connectivity index (χ3n) is 3.82. The maximum atomic E-state index is 6.16. The minimum Gasteiger partial charge on any atom is -0.470 e. The summed E-state index contributed by atoms with van der Waals surface area (Å²) in [6.45, 7) is 3.56. The van der Waals surface area contributed by atoms with Crippen LogP contribution in [0, 0.1) is 5.92 Å². The number of aromatic nitrogens is 2. The summed E-state index contributed by atoms with van der Waals surface area (Å²) in [4.78, 5) is 2.50. The second-order valence-electron chi connectivity index (χ2n) is 5.01. The van der Waals surface area contributed by atoms with E-state index in [1.54, 1.807) is 11.8 Å². The van der Waals surface area contributed by atoms with Crippen LogP contribution in [0.25, 0.3) is 0 Å². The molecular weight excluding hydrogens is 298 g/mol. The molecule has 1 aromatic heterocycles. The van der Waals surface area contributed by atoms with Crippen LogP contribution in [0.5, 0.6) is 5.88 Å². The van der Waals surface area contributed by atoms with Crippen LogP contribution in [-0.4, -0.2) is 57.1 Å². The summed E-state index contributed by atoms with van der Waals surface area (Å²) in [5, 5.41) is 0.982. The molecule has 2 bridgehead atoms. The van der Waals surface area contributed by atoms with Crippen molar-refractivity contribution in [2.75, 3.05) is 37.4 Å². The molecule has 7 heteroatoms. The van der Waals surface area contributed by atoms with Crippen molar-refractivity contribution in [2.45, 2.75) is 24.0 Å². The molecule has 0 N–H and O–H groups in total. The topological polar surface area (TPSA) is 38.3 Å². The van der Waals surface area contributed by atoms with Gasteiger partial charge >= 0.3 is 0 Å². The molecule has 0 radical (unpaired) electrons. The average molecular weight is 318 g/mol. The van der Waals surface area contributed by atoms with Crippen molar-refractivity contribution in [1.82, 2.24) is 13.6 Å². The summed E-state index contributed by atoms with van der Waals surface area (Å²) in [6.07, 6.45) is 5.00. The molecule has 4 rings (SSSR count). The first-order valence-corrected chi connectivity index (χ1v) is 9.81. The molecule has 106 valence electrons. The van der Waals surface area contributed by atoms with Crippen LogP contribution in [0.3, 0.4) is 0 Å². The highest BCUT2D eigenvalue weighted by atomic mass is 32.2. The number of piperidine rings is 3. The van der Waals surface area contributed by atoms with E-state index in [1.807, 2.05) is 11.8 Å². The molecule has 3 saturated heterocycles. The zero-order valence-corrected chi connectivity index (χ0v) is 13.5. The Balaban J connectivity index is 1.59. The Morgan fingerprint density at radius 2 is 2.16 bits per heavy atom. The molecule has 0 aliphatic carbocycles. The summed E-state index contributed by atoms with van der Waals surface area (Å²) >= 11 is 4.89. The normalized spacial score (nSPS) is 29.6. The fraction of sp³-hybridized carbons (Fsp3) is 0.833. The minimum atomic E-state index is 0.325. The fourth-order valence-corrected chi connectivity index (χ4v) is 4.92. The number of hydrogen-bond acceptors (Lipinski definition) is 7. The van der Waals surface area contributed by atoms with E-state index in [4.69, 9.17) is 4.74 Å². The molecule has 4 nitrogen and oxygen atoms in total. The maximum absolute atomic E-state index is 6.16. The molecule has 0 saturated carbocycles. The van der Waals surface area contributed by atoms with Crippen LogP contribution >= 0.6 is 35.3 Å². The van der Waals surface area contributed by atoms with E-state index in [0.717, 1.165) is 34.9 Å². The number of thioether (sulfide) groups is 2. The van der Waals surface area contributed by atoms with Crippen LogP contribution in [0.2, 0.25) is 0 Å². The van der Waals surface area contributed by atoms with E-state index < -0.39 is 0 Å². The van der Waals surface area contributed by atoms with Crippen LogP contribution < -0.4 is 4.74 Å². The van der Waals surface area contributed by atoms with Crippen molar-refractivity contribution in [2.24, 2.45) is 5.92 Å². The highest BCUT2D eigenvalue weighted by molar-refractivity contribution is 8.02. The van der Waals surface area contributed by atoms with E-state index in [1.165, 1.54) is 37.7 Å². The maximum Gasteiger partial charge on any atom is 0.260 e. The van der Waals surface area contributed by atoms with Crippen LogP contribution in [0.15, 0.2) is 5.03 Å². The quantitative estimate of drug-likeness (QED) is 0.593. The van der Waals surface area contributed by atoms with Gasteiger partial charge in [-0.2, -0.15) is 16.1 Å². The van der Waals surface area contributed by atoms with Crippen LogP contribution in [0.1, 0.15) is 12.8 Å². The lowest BCUT2D eigenvalue weighted by atomic mass is 9.86. The molecule has 19 heavy (non-hydrogen) atoms. The second kappa shape index (κ2) is 6.65. The van der Waals surface area contributed by atoms with Gasteiger partial charge in [0.2, 0.25) is 0 Å². The number of rotatable bonds is 6. The molecule has 1 aromatic rings. The summed E-state index contributed by atoms with van der Waals surface area (Å²) < 4.78 is 14.9. The lowest BCUT2D eigenvalue weighted by Gasteiger charge is -2.44. The molecule has 0 unspecified atom stereocenters. The zero-order valence-electron chi connectivity index (χ0n) is 11.1. The van der Waals surface area contributed by atoms with Gasteiger partial charge in [-0.05, 0) is 38.1 Å². The largest absolute Gasteiger partial charge is 0.470 e. The van der Waals surface area contributed by atoms with Crippen molar-refractivity contribution < 1.29 is 4.74 Å². The van der Waals surface area contributed by atoms with Crippen LogP contribution in [0.4, 0.5) is 0 Å². The van der Waals surface area contributed by atoms with Gasteiger partial charge in [-0.3, -0.25) is 4.90 Å². The first-order chi connectivity index (χ1) is 9.36. The minimum absolute atomic E-state index is 0.325. The van der Waals surface area contributed by atoms with Gasteiger partial charge in [-0.25, -0.2) is 0 Å². The molecule has 0 amide bonds. The van der Waals surface area contributed by atoms with Gasteiger partial charge in [0.1, 0.15) is 6.10 Å². The monoisotopic (exact) mass is 317 g/mol. The first kappa shape index (κ1) is 14.0. The van der Waals surface area contributed by atoms with Gasteiger partial charge in [0.05, 0.1) is 11.7 Å². The van der Waals surface area contributed by atoms with E-state index in [9.17, 15) is 0 Å². The Morgan fingerprint density at radius 1 is 1.32 bits per heavy atom.